The van der Waals surface area contributed by atoms with E-state index >= 15 is 0 Å². The number of Topliss-reactive ketones (excluding diaryl/α,β-unsaturated/α-hetero) is 1. The van der Waals surface area contributed by atoms with Crippen molar-refractivity contribution in [2.75, 3.05) is 0 Å². The molecule has 0 fully saturated rings. The van der Waals surface area contributed by atoms with Crippen LogP contribution in [-0.4, -0.2) is 15.3 Å². The monoisotopic (exact) mass is 274 g/mol. The summed E-state index contributed by atoms with van der Waals surface area (Å²) >= 11 is 5.86. The Hall–Kier alpha value is -1.61. The van der Waals surface area contributed by atoms with Crippen LogP contribution < -0.4 is 0 Å². The molecule has 0 saturated carbocycles. The molecule has 3 nitrogen and oxygen atoms in total. The van der Waals surface area contributed by atoms with Crippen molar-refractivity contribution >= 4 is 17.4 Å². The lowest BCUT2D eigenvalue weighted by atomic mass is 9.76. The third-order valence-corrected chi connectivity index (χ3v) is 3.76. The van der Waals surface area contributed by atoms with Crippen LogP contribution in [0.4, 0.5) is 0 Å². The van der Waals surface area contributed by atoms with E-state index in [0.29, 0.717) is 11.4 Å². The van der Waals surface area contributed by atoms with E-state index in [1.807, 2.05) is 29.0 Å². The average Bonchev–Trinajstić information content (AvgIpc) is 2.72. The molecule has 19 heavy (non-hydrogen) atoms. The van der Waals surface area contributed by atoms with Gasteiger partial charge in [-0.15, -0.1) is 0 Å². The molecule has 2 aromatic rings. The van der Waals surface area contributed by atoms with Gasteiger partial charge < -0.3 is 4.57 Å². The van der Waals surface area contributed by atoms with E-state index in [-0.39, 0.29) is 11.2 Å². The van der Waals surface area contributed by atoms with Crippen LogP contribution in [0, 0.1) is 5.41 Å². The van der Waals surface area contributed by atoms with Crippen molar-refractivity contribution in [1.29, 1.82) is 0 Å². The Morgan fingerprint density at radius 2 is 2.05 bits per heavy atom. The van der Waals surface area contributed by atoms with Crippen LogP contribution in [0.5, 0.6) is 0 Å². The molecule has 0 radical (unpaired) electrons. The Morgan fingerprint density at radius 1 is 1.26 bits per heavy atom. The van der Waals surface area contributed by atoms with Crippen molar-refractivity contribution in [3.63, 3.8) is 0 Å². The molecule has 0 saturated heterocycles. The molecule has 4 heteroatoms. The maximum Gasteiger partial charge on any atom is 0.165 e. The molecule has 3 rings (SSSR count). The van der Waals surface area contributed by atoms with E-state index < -0.39 is 0 Å². The van der Waals surface area contributed by atoms with Crippen molar-refractivity contribution in [3.05, 3.63) is 46.9 Å². The van der Waals surface area contributed by atoms with Crippen LogP contribution in [0.15, 0.2) is 30.6 Å². The SMILES string of the molecule is CC1(C)CC(=O)c2ccn(-c3ccc(Cl)cn3)c2C1. The van der Waals surface area contributed by atoms with Gasteiger partial charge in [-0.05, 0) is 30.0 Å². The average molecular weight is 275 g/mol. The van der Waals surface area contributed by atoms with E-state index in [2.05, 4.69) is 18.8 Å². The zero-order valence-electron chi connectivity index (χ0n) is 11.0. The van der Waals surface area contributed by atoms with Gasteiger partial charge in [-0.1, -0.05) is 25.4 Å². The minimum atomic E-state index is 0.00656. The molecule has 0 aromatic carbocycles. The van der Waals surface area contributed by atoms with Gasteiger partial charge in [-0.3, -0.25) is 4.79 Å². The molecular weight excluding hydrogens is 260 g/mol. The number of pyridine rings is 1. The predicted molar refractivity (Wildman–Crippen MR) is 75.0 cm³/mol. The van der Waals surface area contributed by atoms with Gasteiger partial charge in [0.1, 0.15) is 5.82 Å². The van der Waals surface area contributed by atoms with Crippen molar-refractivity contribution < 1.29 is 4.79 Å². The Morgan fingerprint density at radius 3 is 2.74 bits per heavy atom. The second-order valence-electron chi connectivity index (χ2n) is 5.82. The Balaban J connectivity index is 2.11. The second kappa shape index (κ2) is 4.20. The molecule has 0 amide bonds. The normalized spacial score (nSPS) is 17.3. The molecule has 1 aliphatic carbocycles. The van der Waals surface area contributed by atoms with E-state index in [4.69, 9.17) is 11.6 Å². The Kier molecular flexibility index (Phi) is 2.75. The Bertz CT molecular complexity index is 641. The number of fused-ring (bicyclic) bond motifs is 1. The number of hydrogen-bond acceptors (Lipinski definition) is 2. The van der Waals surface area contributed by atoms with Gasteiger partial charge in [0.2, 0.25) is 0 Å². The minimum Gasteiger partial charge on any atom is -0.305 e. The highest BCUT2D eigenvalue weighted by molar-refractivity contribution is 6.30. The van der Waals surface area contributed by atoms with Gasteiger partial charge in [0.15, 0.2) is 5.78 Å². The summed E-state index contributed by atoms with van der Waals surface area (Å²) in [6.45, 7) is 4.25. The summed E-state index contributed by atoms with van der Waals surface area (Å²) in [6, 6.07) is 5.57. The first-order valence-corrected chi connectivity index (χ1v) is 6.69. The first-order chi connectivity index (χ1) is 8.96. The third-order valence-electron chi connectivity index (χ3n) is 3.54. The lowest BCUT2D eigenvalue weighted by Crippen LogP contribution is -2.27. The maximum atomic E-state index is 12.1. The molecule has 0 aliphatic heterocycles. The number of aromatic nitrogens is 2. The first kappa shape index (κ1) is 12.4. The van der Waals surface area contributed by atoms with E-state index in [1.54, 1.807) is 6.20 Å². The molecule has 98 valence electrons. The van der Waals surface area contributed by atoms with Crippen molar-refractivity contribution in [3.8, 4) is 5.82 Å². The molecule has 2 heterocycles. The van der Waals surface area contributed by atoms with Crippen molar-refractivity contribution in [2.24, 2.45) is 5.41 Å². The summed E-state index contributed by atoms with van der Waals surface area (Å²) in [4.78, 5) is 16.5. The predicted octanol–water partition coefficient (Wildman–Crippen LogP) is 3.68. The van der Waals surface area contributed by atoms with Gasteiger partial charge in [0.25, 0.3) is 0 Å². The third kappa shape index (κ3) is 2.19. The summed E-state index contributed by atoms with van der Waals surface area (Å²) in [5.74, 6) is 1.02. The summed E-state index contributed by atoms with van der Waals surface area (Å²) in [5.41, 5.74) is 1.89. The van der Waals surface area contributed by atoms with E-state index in [1.165, 1.54) is 0 Å². The molecule has 0 N–H and O–H groups in total. The zero-order chi connectivity index (χ0) is 13.6. The van der Waals surface area contributed by atoms with Crippen LogP contribution in [-0.2, 0) is 6.42 Å². The number of carbonyl (C=O) groups excluding carboxylic acids is 1. The summed E-state index contributed by atoms with van der Waals surface area (Å²) in [7, 11) is 0. The zero-order valence-corrected chi connectivity index (χ0v) is 11.7. The van der Waals surface area contributed by atoms with Gasteiger partial charge in [0, 0.05) is 30.1 Å². The fourth-order valence-corrected chi connectivity index (χ4v) is 2.78. The molecule has 0 unspecified atom stereocenters. The van der Waals surface area contributed by atoms with Gasteiger partial charge in [-0.25, -0.2) is 4.98 Å². The molecule has 2 aromatic heterocycles. The van der Waals surface area contributed by atoms with Gasteiger partial charge >= 0.3 is 0 Å². The van der Waals surface area contributed by atoms with E-state index in [9.17, 15) is 4.79 Å². The number of halogens is 1. The molecule has 0 bridgehead atoms. The quantitative estimate of drug-likeness (QED) is 0.795. The van der Waals surface area contributed by atoms with Crippen LogP contribution in [0.1, 0.15) is 36.3 Å². The second-order valence-corrected chi connectivity index (χ2v) is 6.26. The fourth-order valence-electron chi connectivity index (χ4n) is 2.67. The largest absolute Gasteiger partial charge is 0.305 e. The topological polar surface area (TPSA) is 34.9 Å². The molecule has 0 spiro atoms. The summed E-state index contributed by atoms with van der Waals surface area (Å²) < 4.78 is 1.99. The van der Waals surface area contributed by atoms with Crippen molar-refractivity contribution in [2.45, 2.75) is 26.7 Å². The molecular formula is C15H15ClN2O. The summed E-state index contributed by atoms with van der Waals surface area (Å²) in [5, 5.41) is 0.612. The number of hydrogen-bond donors (Lipinski definition) is 0. The smallest absolute Gasteiger partial charge is 0.165 e. The van der Waals surface area contributed by atoms with Crippen LogP contribution in [0.25, 0.3) is 5.82 Å². The number of nitrogens with zero attached hydrogens (tertiary/aromatic N) is 2. The van der Waals surface area contributed by atoms with Crippen LogP contribution >= 0.6 is 11.6 Å². The fraction of sp³-hybridized carbons (Fsp3) is 0.333. The number of ketones is 1. The lowest BCUT2D eigenvalue weighted by Gasteiger charge is -2.29. The van der Waals surface area contributed by atoms with E-state index in [0.717, 1.165) is 23.5 Å². The molecule has 1 aliphatic rings. The number of carbonyl (C=O) groups is 1. The first-order valence-electron chi connectivity index (χ1n) is 6.32. The standard InChI is InChI=1S/C15H15ClN2O/c1-15(2)7-12-11(13(19)8-15)5-6-18(12)14-4-3-10(16)9-17-14/h3-6,9H,7-8H2,1-2H3. The summed E-state index contributed by atoms with van der Waals surface area (Å²) in [6.07, 6.45) is 5.03. The minimum absolute atomic E-state index is 0.00656. The van der Waals surface area contributed by atoms with Gasteiger partial charge in [-0.2, -0.15) is 0 Å². The van der Waals surface area contributed by atoms with Gasteiger partial charge in [0.05, 0.1) is 5.02 Å². The van der Waals surface area contributed by atoms with Crippen LogP contribution in [0.2, 0.25) is 5.02 Å². The van der Waals surface area contributed by atoms with Crippen LogP contribution in [0.3, 0.4) is 0 Å². The Labute approximate surface area is 117 Å². The maximum absolute atomic E-state index is 12.1. The highest BCUT2D eigenvalue weighted by Gasteiger charge is 2.33. The molecule has 0 atom stereocenters. The lowest BCUT2D eigenvalue weighted by molar-refractivity contribution is 0.0911. The highest BCUT2D eigenvalue weighted by atomic mass is 35.5. The van der Waals surface area contributed by atoms with Crippen molar-refractivity contribution in [1.82, 2.24) is 9.55 Å². The highest BCUT2D eigenvalue weighted by Crippen LogP contribution is 2.36. The number of rotatable bonds is 1.